The lowest BCUT2D eigenvalue weighted by Gasteiger charge is -2.39. The molecule has 0 saturated carbocycles. The van der Waals surface area contributed by atoms with Crippen molar-refractivity contribution in [3.8, 4) is 5.75 Å². The molecule has 1 aromatic carbocycles. The van der Waals surface area contributed by atoms with E-state index in [-0.39, 0.29) is 17.3 Å². The van der Waals surface area contributed by atoms with Gasteiger partial charge in [0.25, 0.3) is 0 Å². The first kappa shape index (κ1) is 21.2. The third-order valence-electron chi connectivity index (χ3n) is 5.33. The average Bonchev–Trinajstić information content (AvgIpc) is 2.59. The molecule has 0 unspecified atom stereocenters. The zero-order valence-electron chi connectivity index (χ0n) is 18.2. The van der Waals surface area contributed by atoms with Crippen molar-refractivity contribution in [3.05, 3.63) is 52.4 Å². The molecular formula is C24H31NO4. The zero-order valence-corrected chi connectivity index (χ0v) is 18.2. The Morgan fingerprint density at radius 1 is 1.24 bits per heavy atom. The van der Waals surface area contributed by atoms with E-state index >= 15 is 0 Å². The van der Waals surface area contributed by atoms with Gasteiger partial charge in [-0.1, -0.05) is 32.0 Å². The second-order valence-corrected chi connectivity index (χ2v) is 8.85. The van der Waals surface area contributed by atoms with Crippen LogP contribution in [0.5, 0.6) is 5.75 Å². The standard InChI is InChI=1S/C24H31NO4/c1-7-28-19-11-9-8-10-16(19)21-20(23(27)29-14(2)3)15(4)25-17-12-24(5,6)13-18(26)22(17)21/h8-11,14,21,25H,7,12-13H2,1-6H3/t21-/m0/s1. The van der Waals surface area contributed by atoms with Crippen LogP contribution in [-0.4, -0.2) is 24.5 Å². The minimum atomic E-state index is -0.496. The summed E-state index contributed by atoms with van der Waals surface area (Å²) in [6.45, 7) is 12.2. The molecule has 0 saturated heterocycles. The van der Waals surface area contributed by atoms with Gasteiger partial charge in [0.05, 0.1) is 24.2 Å². The van der Waals surface area contributed by atoms with E-state index < -0.39 is 11.9 Å². The van der Waals surface area contributed by atoms with Crippen molar-refractivity contribution in [2.24, 2.45) is 5.41 Å². The Balaban J connectivity index is 2.21. The molecule has 0 radical (unpaired) electrons. The zero-order chi connectivity index (χ0) is 21.3. The number of dihydropyridines is 1. The Morgan fingerprint density at radius 2 is 1.93 bits per heavy atom. The summed E-state index contributed by atoms with van der Waals surface area (Å²) in [7, 11) is 0. The molecule has 1 atom stereocenters. The Morgan fingerprint density at radius 3 is 2.59 bits per heavy atom. The van der Waals surface area contributed by atoms with Crippen LogP contribution >= 0.6 is 0 Å². The van der Waals surface area contributed by atoms with Gasteiger partial charge in [-0.15, -0.1) is 0 Å². The molecule has 0 bridgehead atoms. The van der Waals surface area contributed by atoms with Crippen LogP contribution in [0, 0.1) is 5.41 Å². The topological polar surface area (TPSA) is 64.6 Å². The van der Waals surface area contributed by atoms with Gasteiger partial charge >= 0.3 is 5.97 Å². The van der Waals surface area contributed by atoms with Crippen molar-refractivity contribution in [1.82, 2.24) is 5.32 Å². The predicted molar refractivity (Wildman–Crippen MR) is 112 cm³/mol. The van der Waals surface area contributed by atoms with Crippen LogP contribution in [0.15, 0.2) is 46.8 Å². The number of ketones is 1. The summed E-state index contributed by atoms with van der Waals surface area (Å²) >= 11 is 0. The maximum atomic E-state index is 13.3. The summed E-state index contributed by atoms with van der Waals surface area (Å²) in [6.07, 6.45) is 0.958. The van der Waals surface area contributed by atoms with Gasteiger partial charge in [-0.25, -0.2) is 4.79 Å². The Kier molecular flexibility index (Phi) is 5.87. The number of para-hydroxylation sites is 1. The molecule has 156 valence electrons. The van der Waals surface area contributed by atoms with E-state index in [4.69, 9.17) is 9.47 Å². The SMILES string of the molecule is CCOc1ccccc1[C@H]1C(C(=O)OC(C)C)=C(C)NC2=C1C(=O)CC(C)(C)C2. The third kappa shape index (κ3) is 4.24. The fourth-order valence-corrected chi connectivity index (χ4v) is 4.30. The number of hydrogen-bond acceptors (Lipinski definition) is 5. The monoisotopic (exact) mass is 397 g/mol. The summed E-state index contributed by atoms with van der Waals surface area (Å²) in [5.74, 6) is -0.134. The van der Waals surface area contributed by atoms with Crippen LogP contribution in [0.3, 0.4) is 0 Å². The third-order valence-corrected chi connectivity index (χ3v) is 5.33. The molecule has 1 aliphatic heterocycles. The largest absolute Gasteiger partial charge is 0.494 e. The maximum absolute atomic E-state index is 13.3. The van der Waals surface area contributed by atoms with Crippen molar-refractivity contribution in [2.45, 2.75) is 66.4 Å². The number of carbonyl (C=O) groups is 2. The van der Waals surface area contributed by atoms with E-state index in [0.717, 1.165) is 23.4 Å². The number of hydrogen-bond donors (Lipinski definition) is 1. The number of allylic oxidation sites excluding steroid dienone is 3. The van der Waals surface area contributed by atoms with E-state index in [1.165, 1.54) is 0 Å². The molecule has 1 aliphatic carbocycles. The number of nitrogens with one attached hydrogen (secondary N) is 1. The Labute approximate surface area is 173 Å². The van der Waals surface area contributed by atoms with Gasteiger partial charge in [0.1, 0.15) is 5.75 Å². The van der Waals surface area contributed by atoms with Gasteiger partial charge in [-0.05, 0) is 45.6 Å². The lowest BCUT2D eigenvalue weighted by Crippen LogP contribution is -2.39. The highest BCUT2D eigenvalue weighted by atomic mass is 16.5. The lowest BCUT2D eigenvalue weighted by molar-refractivity contribution is -0.143. The highest BCUT2D eigenvalue weighted by molar-refractivity contribution is 6.04. The molecule has 0 amide bonds. The first-order valence-electron chi connectivity index (χ1n) is 10.3. The minimum absolute atomic E-state index is 0.0717. The van der Waals surface area contributed by atoms with Crippen LogP contribution in [0.4, 0.5) is 0 Å². The smallest absolute Gasteiger partial charge is 0.337 e. The number of Topliss-reactive ketones (excluding diaryl/α,β-unsaturated/α-hetero) is 1. The molecule has 5 nitrogen and oxygen atoms in total. The molecule has 29 heavy (non-hydrogen) atoms. The van der Waals surface area contributed by atoms with E-state index in [9.17, 15) is 9.59 Å². The fourth-order valence-electron chi connectivity index (χ4n) is 4.30. The van der Waals surface area contributed by atoms with Crippen molar-refractivity contribution >= 4 is 11.8 Å². The van der Waals surface area contributed by atoms with Gasteiger partial charge in [0, 0.05) is 29.0 Å². The summed E-state index contributed by atoms with van der Waals surface area (Å²) in [4.78, 5) is 26.4. The summed E-state index contributed by atoms with van der Waals surface area (Å²) < 4.78 is 11.4. The first-order chi connectivity index (χ1) is 13.6. The predicted octanol–water partition coefficient (Wildman–Crippen LogP) is 4.64. The van der Waals surface area contributed by atoms with Gasteiger partial charge in [0.2, 0.25) is 0 Å². The normalized spacial score (nSPS) is 21.1. The maximum Gasteiger partial charge on any atom is 0.337 e. The van der Waals surface area contributed by atoms with E-state index in [1.807, 2.05) is 52.0 Å². The van der Waals surface area contributed by atoms with Gasteiger partial charge in [0.15, 0.2) is 5.78 Å². The number of esters is 1. The lowest BCUT2D eigenvalue weighted by atomic mass is 9.68. The molecule has 1 aromatic rings. The van der Waals surface area contributed by atoms with Crippen molar-refractivity contribution in [2.75, 3.05) is 6.61 Å². The molecule has 1 N–H and O–H groups in total. The fraction of sp³-hybridized carbons (Fsp3) is 0.500. The number of carbonyl (C=O) groups excluding carboxylic acids is 2. The quantitative estimate of drug-likeness (QED) is 0.733. The second-order valence-electron chi connectivity index (χ2n) is 8.85. The van der Waals surface area contributed by atoms with E-state index in [1.54, 1.807) is 0 Å². The summed E-state index contributed by atoms with van der Waals surface area (Å²) in [6, 6.07) is 7.64. The number of benzene rings is 1. The summed E-state index contributed by atoms with van der Waals surface area (Å²) in [5, 5.41) is 3.36. The number of ether oxygens (including phenoxy) is 2. The van der Waals surface area contributed by atoms with Crippen LogP contribution in [0.25, 0.3) is 0 Å². The van der Waals surface area contributed by atoms with E-state index in [0.29, 0.717) is 29.9 Å². The van der Waals surface area contributed by atoms with E-state index in [2.05, 4.69) is 19.2 Å². The van der Waals surface area contributed by atoms with Gasteiger partial charge in [-0.3, -0.25) is 4.79 Å². The number of rotatable bonds is 5. The highest BCUT2D eigenvalue weighted by Crippen LogP contribution is 2.48. The Bertz CT molecular complexity index is 892. The second kappa shape index (κ2) is 8.05. The molecule has 0 fully saturated rings. The Hall–Kier alpha value is -2.56. The van der Waals surface area contributed by atoms with Crippen molar-refractivity contribution < 1.29 is 19.1 Å². The van der Waals surface area contributed by atoms with Crippen LogP contribution < -0.4 is 10.1 Å². The van der Waals surface area contributed by atoms with Gasteiger partial charge < -0.3 is 14.8 Å². The molecule has 1 heterocycles. The molecule has 0 spiro atoms. The molecule has 2 aliphatic rings. The van der Waals surface area contributed by atoms with Crippen LogP contribution in [-0.2, 0) is 14.3 Å². The highest BCUT2D eigenvalue weighted by Gasteiger charge is 2.44. The molecule has 0 aromatic heterocycles. The average molecular weight is 398 g/mol. The molecule has 3 rings (SSSR count). The molecule has 5 heteroatoms. The summed E-state index contributed by atoms with van der Waals surface area (Å²) in [5.41, 5.74) is 3.49. The first-order valence-corrected chi connectivity index (χ1v) is 10.3. The molecular weight excluding hydrogens is 366 g/mol. The van der Waals surface area contributed by atoms with Crippen LogP contribution in [0.2, 0.25) is 0 Å². The van der Waals surface area contributed by atoms with Crippen LogP contribution in [0.1, 0.15) is 65.9 Å². The minimum Gasteiger partial charge on any atom is -0.494 e. The van der Waals surface area contributed by atoms with Crippen molar-refractivity contribution in [1.29, 1.82) is 0 Å². The van der Waals surface area contributed by atoms with Gasteiger partial charge in [-0.2, -0.15) is 0 Å². The van der Waals surface area contributed by atoms with Crippen molar-refractivity contribution in [3.63, 3.8) is 0 Å².